The van der Waals surface area contributed by atoms with Crippen molar-refractivity contribution >= 4 is 21.8 Å². The van der Waals surface area contributed by atoms with Crippen molar-refractivity contribution < 1.29 is 21.9 Å². The smallest absolute Gasteiger partial charge is 0.0645 e. The largest absolute Gasteiger partial charge is 0.309 e. The first-order valence-corrected chi connectivity index (χ1v) is 7.67. The summed E-state index contributed by atoms with van der Waals surface area (Å²) in [6, 6.07) is -10.9. The summed E-state index contributed by atoms with van der Waals surface area (Å²) in [5.41, 5.74) is -2.39. The van der Waals surface area contributed by atoms with E-state index in [9.17, 15) is 0 Å². The Labute approximate surface area is 175 Å². The van der Waals surface area contributed by atoms with Crippen molar-refractivity contribution in [2.75, 3.05) is 0 Å². The zero-order chi connectivity index (χ0) is 31.4. The molecule has 0 atom stereocenters. The molecule has 1 nitrogen and oxygen atoms in total. The molecule has 0 aliphatic rings. The van der Waals surface area contributed by atoms with Crippen LogP contribution in [-0.4, -0.2) is 4.57 Å². The molecular weight excluding hydrogens is 314 g/mol. The Morgan fingerprint density at radius 2 is 1.27 bits per heavy atom. The van der Waals surface area contributed by atoms with Gasteiger partial charge in [-0.25, -0.2) is 0 Å². The van der Waals surface area contributed by atoms with Gasteiger partial charge in [-0.3, -0.25) is 0 Å². The molecule has 4 aromatic carbocycles. The molecule has 0 unspecified atom stereocenters. The molecule has 5 rings (SSSR count). The van der Waals surface area contributed by atoms with Crippen LogP contribution in [0.2, 0.25) is 0 Å². The van der Waals surface area contributed by atoms with Crippen molar-refractivity contribution in [1.82, 2.24) is 4.57 Å². The lowest BCUT2D eigenvalue weighted by Gasteiger charge is -2.14. The van der Waals surface area contributed by atoms with Gasteiger partial charge in [-0.2, -0.15) is 0 Å². The Hall–Kier alpha value is -3.32. The van der Waals surface area contributed by atoms with Gasteiger partial charge in [0.15, 0.2) is 0 Å². The van der Waals surface area contributed by atoms with E-state index >= 15 is 0 Å². The molecule has 26 heavy (non-hydrogen) atoms. The van der Waals surface area contributed by atoms with Gasteiger partial charge in [-0.1, -0.05) is 84.1 Å². The number of rotatable bonds is 2. The van der Waals surface area contributed by atoms with Gasteiger partial charge >= 0.3 is 0 Å². The van der Waals surface area contributed by atoms with E-state index in [1.54, 1.807) is 0 Å². The molecule has 0 N–H and O–H groups in total. The van der Waals surface area contributed by atoms with E-state index in [-0.39, 0.29) is 16.3 Å². The molecule has 5 aromatic rings. The van der Waals surface area contributed by atoms with Gasteiger partial charge in [0.25, 0.3) is 0 Å². The average molecular weight is 350 g/mol. The highest BCUT2D eigenvalue weighted by atomic mass is 15.0. The minimum atomic E-state index is -0.798. The zero-order valence-corrected chi connectivity index (χ0v) is 13.4. The number of benzene rings is 4. The lowest BCUT2D eigenvalue weighted by molar-refractivity contribution is 1.18. The summed E-state index contributed by atoms with van der Waals surface area (Å²) in [5, 5.41) is -0.644. The average Bonchev–Trinajstić information content (AvgIpc) is 3.32. The third kappa shape index (κ3) is 2.25. The Morgan fingerprint density at radius 3 is 2.00 bits per heavy atom. The van der Waals surface area contributed by atoms with Gasteiger partial charge in [0, 0.05) is 16.3 Å². The first-order chi connectivity index (χ1) is 19.5. The van der Waals surface area contributed by atoms with Gasteiger partial charge in [-0.15, -0.1) is 0 Å². The highest BCUT2D eigenvalue weighted by Gasteiger charge is 2.14. The third-order valence-electron chi connectivity index (χ3n) is 3.92. The van der Waals surface area contributed by atoms with Gasteiger partial charge in [0.1, 0.15) is 0 Å². The van der Waals surface area contributed by atoms with Crippen molar-refractivity contribution in [2.45, 2.75) is 6.92 Å². The Bertz CT molecular complexity index is 1950. The number of hydrogen-bond donors (Lipinski definition) is 0. The molecule has 0 amide bonds. The summed E-state index contributed by atoms with van der Waals surface area (Å²) >= 11 is 0. The van der Waals surface area contributed by atoms with Crippen LogP contribution >= 0.6 is 0 Å². The fourth-order valence-electron chi connectivity index (χ4n) is 2.86. The first kappa shape index (κ1) is 5.85. The maximum absolute atomic E-state index is 8.88. The second kappa shape index (κ2) is 5.89. The summed E-state index contributed by atoms with van der Waals surface area (Å²) in [4.78, 5) is 0. The first-order valence-electron chi connectivity index (χ1n) is 15.7. The maximum atomic E-state index is 8.88. The lowest BCUT2D eigenvalue weighted by Crippen LogP contribution is -1.97. The van der Waals surface area contributed by atoms with E-state index in [0.717, 1.165) is 4.57 Å². The minimum Gasteiger partial charge on any atom is -0.309 e. The van der Waals surface area contributed by atoms with E-state index in [1.165, 1.54) is 6.92 Å². The zero-order valence-electron chi connectivity index (χ0n) is 29.4. The number of aromatic nitrogens is 1. The van der Waals surface area contributed by atoms with Crippen molar-refractivity contribution in [3.05, 3.63) is 102 Å². The monoisotopic (exact) mass is 349 g/mol. The number of para-hydroxylation sites is 3. The van der Waals surface area contributed by atoms with Crippen molar-refractivity contribution in [1.29, 1.82) is 0 Å². The van der Waals surface area contributed by atoms with E-state index in [2.05, 4.69) is 0 Å². The fourth-order valence-corrected chi connectivity index (χ4v) is 2.86. The van der Waals surface area contributed by atoms with Crippen LogP contribution in [0, 0.1) is 6.92 Å². The normalized spacial score (nSPS) is 19.9. The summed E-state index contributed by atoms with van der Waals surface area (Å²) in [6.07, 6.45) is 0. The highest BCUT2D eigenvalue weighted by molar-refractivity contribution is 6.09. The van der Waals surface area contributed by atoms with Gasteiger partial charge < -0.3 is 4.57 Å². The van der Waals surface area contributed by atoms with Gasteiger partial charge in [0.05, 0.1) is 38.7 Å². The molecule has 0 saturated heterocycles. The number of hydrogen-bond acceptors (Lipinski definition) is 0. The SMILES string of the molecule is [2H]c1c([2H])c(C)c([2H])c(-c2c([2H])c([2H])c([2H])c([2H])c2-n2c3c([2H])c([2H])c([2H])c([2H])c3c3c([2H])c([2H])c([2H])c([2H])c32)c1[2H]. The standard InChI is InChI=1S/C25H19N/c1-18-9-8-10-19(17-18)20-11-2-5-14-23(20)26-24-15-6-3-12-21(24)22-13-4-7-16-25(22)26/h2-17H,1H3/i2D,3D,4D,5D,6D,7D,8D,9D,10D,11D,12D,13D,14D,15D,16D,17D. The molecule has 0 fully saturated rings. The van der Waals surface area contributed by atoms with Crippen LogP contribution in [0.1, 0.15) is 27.5 Å². The highest BCUT2D eigenvalue weighted by Crippen LogP contribution is 2.35. The minimum absolute atomic E-state index is 0.0598. The van der Waals surface area contributed by atoms with Crippen LogP contribution in [0.15, 0.2) is 96.7 Å². The van der Waals surface area contributed by atoms with E-state index in [0.29, 0.717) is 0 Å². The van der Waals surface area contributed by atoms with Crippen molar-refractivity contribution in [3.8, 4) is 16.8 Å². The predicted molar refractivity (Wildman–Crippen MR) is 111 cm³/mol. The third-order valence-corrected chi connectivity index (χ3v) is 3.92. The molecule has 0 aliphatic carbocycles. The van der Waals surface area contributed by atoms with Crippen LogP contribution in [-0.2, 0) is 0 Å². The Kier molecular flexibility index (Phi) is 1.33. The van der Waals surface area contributed by atoms with Crippen molar-refractivity contribution in [3.63, 3.8) is 0 Å². The molecule has 1 aromatic heterocycles. The fraction of sp³-hybridized carbons (Fsp3) is 0.0400. The summed E-state index contributed by atoms with van der Waals surface area (Å²) in [6.45, 7) is 1.34. The summed E-state index contributed by atoms with van der Waals surface area (Å²) < 4.78 is 137. The Balaban J connectivity index is 2.24. The van der Waals surface area contributed by atoms with E-state index in [1.807, 2.05) is 0 Å². The van der Waals surface area contributed by atoms with Crippen LogP contribution < -0.4 is 0 Å². The lowest BCUT2D eigenvalue weighted by atomic mass is 10.0. The maximum Gasteiger partial charge on any atom is 0.0645 e. The van der Waals surface area contributed by atoms with E-state index in [4.69, 9.17) is 21.9 Å². The quantitative estimate of drug-likeness (QED) is 0.332. The van der Waals surface area contributed by atoms with Crippen molar-refractivity contribution in [2.24, 2.45) is 0 Å². The molecule has 0 aliphatic heterocycles. The van der Waals surface area contributed by atoms with E-state index < -0.39 is 125 Å². The predicted octanol–water partition coefficient (Wildman–Crippen LogP) is 6.76. The molecular formula is C25H19N. The molecule has 0 spiro atoms. The molecule has 0 saturated carbocycles. The summed E-state index contributed by atoms with van der Waals surface area (Å²) in [5.74, 6) is 0. The van der Waals surface area contributed by atoms with Gasteiger partial charge in [-0.05, 0) is 30.6 Å². The second-order valence-corrected chi connectivity index (χ2v) is 5.51. The molecule has 124 valence electrons. The van der Waals surface area contributed by atoms with Gasteiger partial charge in [0.2, 0.25) is 0 Å². The van der Waals surface area contributed by atoms with Crippen LogP contribution in [0.4, 0.5) is 0 Å². The number of fused-ring (bicyclic) bond motifs is 3. The number of nitrogens with zero attached hydrogens (tertiary/aromatic N) is 1. The molecule has 1 heteroatoms. The second-order valence-electron chi connectivity index (χ2n) is 5.51. The molecule has 0 bridgehead atoms. The Morgan fingerprint density at radius 1 is 0.654 bits per heavy atom. The van der Waals surface area contributed by atoms with Crippen LogP contribution in [0.25, 0.3) is 38.6 Å². The molecule has 1 heterocycles. The topological polar surface area (TPSA) is 4.93 Å². The summed E-state index contributed by atoms with van der Waals surface area (Å²) in [7, 11) is 0. The van der Waals surface area contributed by atoms with Crippen LogP contribution in [0.5, 0.6) is 0 Å². The van der Waals surface area contributed by atoms with Crippen LogP contribution in [0.3, 0.4) is 0 Å². The molecule has 0 radical (unpaired) electrons.